The molecule has 0 amide bonds. The highest BCUT2D eigenvalue weighted by atomic mass is 79.9. The molecule has 0 aliphatic heterocycles. The number of aryl methyl sites for hydroxylation is 1. The van der Waals surface area contributed by atoms with Gasteiger partial charge in [-0.05, 0) is 24.6 Å². The molecule has 16 heavy (non-hydrogen) atoms. The third-order valence-electron chi connectivity index (χ3n) is 2.28. The largest absolute Gasteiger partial charge is 0.465 e. The van der Waals surface area contributed by atoms with Crippen LogP contribution in [0.4, 0.5) is 0 Å². The monoisotopic (exact) mass is 284 g/mol. The van der Waals surface area contributed by atoms with Gasteiger partial charge in [0, 0.05) is 17.3 Å². The van der Waals surface area contributed by atoms with Crippen LogP contribution in [0.5, 0.6) is 0 Å². The van der Waals surface area contributed by atoms with Gasteiger partial charge < -0.3 is 4.74 Å². The van der Waals surface area contributed by atoms with Crippen molar-refractivity contribution in [2.24, 2.45) is 0 Å². The lowest BCUT2D eigenvalue weighted by Gasteiger charge is -2.06. The van der Waals surface area contributed by atoms with Crippen molar-refractivity contribution in [3.05, 3.63) is 34.9 Å². The molecular formula is C12H13BrO3. The Hall–Kier alpha value is -1.16. The Kier molecular flexibility index (Phi) is 4.68. The van der Waals surface area contributed by atoms with Gasteiger partial charge in [0.1, 0.15) is 0 Å². The maximum absolute atomic E-state index is 11.7. The minimum atomic E-state index is -0.423. The van der Waals surface area contributed by atoms with E-state index >= 15 is 0 Å². The predicted molar refractivity (Wildman–Crippen MR) is 65.3 cm³/mol. The lowest BCUT2D eigenvalue weighted by molar-refractivity contribution is 0.0600. The molecule has 0 atom stereocenters. The van der Waals surface area contributed by atoms with E-state index in [0.717, 1.165) is 5.56 Å². The Morgan fingerprint density at radius 2 is 2.06 bits per heavy atom. The Morgan fingerprint density at radius 3 is 2.62 bits per heavy atom. The van der Waals surface area contributed by atoms with Crippen LogP contribution in [0.15, 0.2) is 18.2 Å². The second-order valence-electron chi connectivity index (χ2n) is 3.38. The smallest absolute Gasteiger partial charge is 0.337 e. The molecule has 0 fully saturated rings. The summed E-state index contributed by atoms with van der Waals surface area (Å²) in [5, 5.41) is 0.619. The van der Waals surface area contributed by atoms with Crippen LogP contribution >= 0.6 is 15.9 Å². The molecule has 0 radical (unpaired) electrons. The summed E-state index contributed by atoms with van der Waals surface area (Å²) in [5.74, 6) is -0.395. The number of carbonyl (C=O) groups excluding carboxylic acids is 2. The Balaban J connectivity index is 3.08. The van der Waals surface area contributed by atoms with Crippen molar-refractivity contribution >= 4 is 27.7 Å². The van der Waals surface area contributed by atoms with Crippen LogP contribution in [0.1, 0.15) is 32.7 Å². The molecule has 0 heterocycles. The lowest BCUT2D eigenvalue weighted by atomic mass is 10.0. The van der Waals surface area contributed by atoms with Crippen molar-refractivity contribution < 1.29 is 14.3 Å². The molecule has 86 valence electrons. The van der Waals surface area contributed by atoms with E-state index in [0.29, 0.717) is 22.9 Å². The minimum Gasteiger partial charge on any atom is -0.465 e. The van der Waals surface area contributed by atoms with Gasteiger partial charge in [-0.1, -0.05) is 22.0 Å². The van der Waals surface area contributed by atoms with Crippen LogP contribution in [0.2, 0.25) is 0 Å². The fourth-order valence-corrected chi connectivity index (χ4v) is 1.75. The normalized spacial score (nSPS) is 9.94. The second kappa shape index (κ2) is 5.80. The number of hydrogen-bond donors (Lipinski definition) is 0. The molecule has 0 aliphatic carbocycles. The number of halogens is 1. The third kappa shape index (κ3) is 2.92. The summed E-state index contributed by atoms with van der Waals surface area (Å²) >= 11 is 3.22. The average molecular weight is 285 g/mol. The van der Waals surface area contributed by atoms with Crippen LogP contribution in [-0.2, 0) is 4.74 Å². The molecule has 1 aromatic carbocycles. The highest BCUT2D eigenvalue weighted by Gasteiger charge is 2.12. The standard InChI is InChI=1S/C12H13BrO3/c1-8-3-4-9(12(15)16-2)7-10(8)11(14)5-6-13/h3-4,7H,5-6H2,1-2H3. The van der Waals surface area contributed by atoms with Gasteiger partial charge >= 0.3 is 5.97 Å². The number of ketones is 1. The SMILES string of the molecule is COC(=O)c1ccc(C)c(C(=O)CCBr)c1. The van der Waals surface area contributed by atoms with E-state index in [2.05, 4.69) is 20.7 Å². The first-order valence-corrected chi connectivity index (χ1v) is 6.00. The Labute approximate surface area is 103 Å². The predicted octanol–water partition coefficient (Wildman–Crippen LogP) is 2.75. The van der Waals surface area contributed by atoms with Crippen LogP contribution < -0.4 is 0 Å². The molecule has 0 aliphatic rings. The first-order valence-electron chi connectivity index (χ1n) is 4.88. The van der Waals surface area contributed by atoms with Crippen LogP contribution in [0.3, 0.4) is 0 Å². The van der Waals surface area contributed by atoms with E-state index in [4.69, 9.17) is 0 Å². The van der Waals surface area contributed by atoms with Crippen LogP contribution in [0, 0.1) is 6.92 Å². The lowest BCUT2D eigenvalue weighted by Crippen LogP contribution is -2.07. The summed E-state index contributed by atoms with van der Waals surface area (Å²) in [7, 11) is 1.32. The number of alkyl halides is 1. The Bertz CT molecular complexity index is 413. The van der Waals surface area contributed by atoms with E-state index in [-0.39, 0.29) is 5.78 Å². The first kappa shape index (κ1) is 12.9. The minimum absolute atomic E-state index is 0.0279. The molecule has 0 spiro atoms. The molecule has 4 heteroatoms. The highest BCUT2D eigenvalue weighted by molar-refractivity contribution is 9.09. The number of ether oxygens (including phenoxy) is 1. The number of benzene rings is 1. The average Bonchev–Trinajstić information content (AvgIpc) is 2.29. The highest BCUT2D eigenvalue weighted by Crippen LogP contribution is 2.14. The van der Waals surface area contributed by atoms with Crippen molar-refractivity contribution in [1.29, 1.82) is 0 Å². The van der Waals surface area contributed by atoms with E-state index in [1.807, 2.05) is 6.92 Å². The molecule has 0 aromatic heterocycles. The molecule has 0 saturated carbocycles. The van der Waals surface area contributed by atoms with Crippen LogP contribution in [0.25, 0.3) is 0 Å². The summed E-state index contributed by atoms with van der Waals surface area (Å²) in [4.78, 5) is 23.1. The topological polar surface area (TPSA) is 43.4 Å². The summed E-state index contributed by atoms with van der Waals surface area (Å²) in [6.45, 7) is 1.85. The zero-order valence-electron chi connectivity index (χ0n) is 9.25. The van der Waals surface area contributed by atoms with Crippen molar-refractivity contribution in [2.45, 2.75) is 13.3 Å². The van der Waals surface area contributed by atoms with E-state index in [1.165, 1.54) is 7.11 Å². The number of carbonyl (C=O) groups is 2. The molecule has 0 unspecified atom stereocenters. The van der Waals surface area contributed by atoms with E-state index < -0.39 is 5.97 Å². The van der Waals surface area contributed by atoms with Gasteiger partial charge in [-0.3, -0.25) is 4.79 Å². The zero-order chi connectivity index (χ0) is 12.1. The Morgan fingerprint density at radius 1 is 1.38 bits per heavy atom. The number of methoxy groups -OCH3 is 1. The number of rotatable bonds is 4. The summed E-state index contributed by atoms with van der Waals surface area (Å²) in [6, 6.07) is 5.01. The third-order valence-corrected chi connectivity index (χ3v) is 2.68. The van der Waals surface area contributed by atoms with Gasteiger partial charge in [-0.15, -0.1) is 0 Å². The van der Waals surface area contributed by atoms with Crippen molar-refractivity contribution in [3.63, 3.8) is 0 Å². The molecule has 3 nitrogen and oxygen atoms in total. The fraction of sp³-hybridized carbons (Fsp3) is 0.333. The van der Waals surface area contributed by atoms with Gasteiger partial charge in [0.15, 0.2) is 5.78 Å². The van der Waals surface area contributed by atoms with Crippen molar-refractivity contribution in [2.75, 3.05) is 12.4 Å². The van der Waals surface area contributed by atoms with Crippen molar-refractivity contribution in [1.82, 2.24) is 0 Å². The molecule has 0 saturated heterocycles. The summed E-state index contributed by atoms with van der Waals surface area (Å²) in [5.41, 5.74) is 1.87. The maximum atomic E-state index is 11.7. The molecule has 1 rings (SSSR count). The number of Topliss-reactive ketones (excluding diaryl/α,β-unsaturated/α-hetero) is 1. The van der Waals surface area contributed by atoms with Crippen molar-refractivity contribution in [3.8, 4) is 0 Å². The maximum Gasteiger partial charge on any atom is 0.337 e. The quantitative estimate of drug-likeness (QED) is 0.485. The van der Waals surface area contributed by atoms with E-state index in [1.54, 1.807) is 18.2 Å². The first-order chi connectivity index (χ1) is 7.60. The number of esters is 1. The number of hydrogen-bond acceptors (Lipinski definition) is 3. The van der Waals surface area contributed by atoms with Gasteiger partial charge in [-0.2, -0.15) is 0 Å². The van der Waals surface area contributed by atoms with Gasteiger partial charge in [-0.25, -0.2) is 4.79 Å². The second-order valence-corrected chi connectivity index (χ2v) is 4.18. The van der Waals surface area contributed by atoms with Gasteiger partial charge in [0.05, 0.1) is 12.7 Å². The zero-order valence-corrected chi connectivity index (χ0v) is 10.8. The summed E-state index contributed by atoms with van der Waals surface area (Å²) < 4.78 is 4.61. The van der Waals surface area contributed by atoms with E-state index in [9.17, 15) is 9.59 Å². The fourth-order valence-electron chi connectivity index (χ4n) is 1.39. The van der Waals surface area contributed by atoms with Gasteiger partial charge in [0.2, 0.25) is 0 Å². The molecular weight excluding hydrogens is 272 g/mol. The van der Waals surface area contributed by atoms with Crippen LogP contribution in [-0.4, -0.2) is 24.2 Å². The molecule has 0 bridgehead atoms. The van der Waals surface area contributed by atoms with Gasteiger partial charge in [0.25, 0.3) is 0 Å². The molecule has 1 aromatic rings. The summed E-state index contributed by atoms with van der Waals surface area (Å²) in [6.07, 6.45) is 0.422. The molecule has 0 N–H and O–H groups in total.